The van der Waals surface area contributed by atoms with Gasteiger partial charge < -0.3 is 11.1 Å². The summed E-state index contributed by atoms with van der Waals surface area (Å²) >= 11 is 0. The van der Waals surface area contributed by atoms with Gasteiger partial charge in [-0.1, -0.05) is 6.07 Å². The van der Waals surface area contributed by atoms with Crippen molar-refractivity contribution >= 4 is 27.4 Å². The van der Waals surface area contributed by atoms with E-state index < -0.39 is 10.0 Å². The highest BCUT2D eigenvalue weighted by Gasteiger charge is 2.19. The predicted octanol–water partition coefficient (Wildman–Crippen LogP) is 0.152. The molecule has 1 aromatic heterocycles. The number of nitrogens with zero attached hydrogens (tertiary/aromatic N) is 1. The summed E-state index contributed by atoms with van der Waals surface area (Å²) in [5, 5.41) is 8.36. The van der Waals surface area contributed by atoms with Crippen molar-refractivity contribution in [2.75, 3.05) is 17.5 Å². The van der Waals surface area contributed by atoms with Crippen LogP contribution in [0.3, 0.4) is 0 Å². The van der Waals surface area contributed by atoms with Gasteiger partial charge in [0.05, 0.1) is 6.20 Å². The van der Waals surface area contributed by atoms with Crippen molar-refractivity contribution in [2.45, 2.75) is 4.90 Å². The van der Waals surface area contributed by atoms with Gasteiger partial charge in [-0.05, 0) is 18.2 Å². The van der Waals surface area contributed by atoms with Crippen LogP contribution in [-0.4, -0.2) is 31.6 Å². The Kier molecular flexibility index (Phi) is 3.61. The Morgan fingerprint density at radius 1 is 1.40 bits per heavy atom. The van der Waals surface area contributed by atoms with Gasteiger partial charge in [0.2, 0.25) is 0 Å². The fourth-order valence-electron chi connectivity index (χ4n) is 1.58. The molecule has 0 atom stereocenters. The highest BCUT2D eigenvalue weighted by atomic mass is 32.2. The first-order chi connectivity index (χ1) is 9.44. The van der Waals surface area contributed by atoms with Gasteiger partial charge in [-0.3, -0.25) is 14.6 Å². The Hall–Kier alpha value is -2.55. The molecule has 9 heteroatoms. The molecule has 1 aromatic carbocycles. The topological polar surface area (TPSA) is 130 Å². The van der Waals surface area contributed by atoms with E-state index in [0.29, 0.717) is 5.56 Å². The van der Waals surface area contributed by atoms with Crippen LogP contribution in [0.1, 0.15) is 10.4 Å². The molecule has 0 unspecified atom stereocenters. The molecule has 1 heterocycles. The standard InChI is InChI=1S/C11H13N5O3S/c1-13-11(17)7-3-2-4-8(5-7)16-20(18,19)9-6-14-15-10(9)12/h2-6,16H,1H3,(H,13,17)(H3,12,14,15). The lowest BCUT2D eigenvalue weighted by atomic mass is 10.2. The van der Waals surface area contributed by atoms with Crippen LogP contribution < -0.4 is 15.8 Å². The van der Waals surface area contributed by atoms with Crippen LogP contribution in [0.5, 0.6) is 0 Å². The maximum Gasteiger partial charge on any atom is 0.267 e. The Morgan fingerprint density at radius 2 is 2.15 bits per heavy atom. The maximum atomic E-state index is 12.1. The Labute approximate surface area is 115 Å². The molecule has 0 saturated carbocycles. The zero-order chi connectivity index (χ0) is 14.8. The number of H-pyrrole nitrogens is 1. The second-order valence-electron chi connectivity index (χ2n) is 3.91. The third-order valence-electron chi connectivity index (χ3n) is 2.53. The van der Waals surface area contributed by atoms with Crippen molar-refractivity contribution in [1.82, 2.24) is 15.5 Å². The van der Waals surface area contributed by atoms with Gasteiger partial charge in [-0.25, -0.2) is 8.42 Å². The van der Waals surface area contributed by atoms with Crippen molar-refractivity contribution in [3.05, 3.63) is 36.0 Å². The number of carbonyl (C=O) groups is 1. The van der Waals surface area contributed by atoms with Crippen LogP contribution in [0.15, 0.2) is 35.4 Å². The van der Waals surface area contributed by atoms with Gasteiger partial charge in [0.15, 0.2) is 0 Å². The smallest absolute Gasteiger partial charge is 0.267 e. The zero-order valence-electron chi connectivity index (χ0n) is 10.5. The van der Waals surface area contributed by atoms with E-state index in [1.165, 1.54) is 19.2 Å². The minimum absolute atomic E-state index is 0.0556. The first-order valence-corrected chi connectivity index (χ1v) is 7.06. The van der Waals surface area contributed by atoms with Gasteiger partial charge in [0.25, 0.3) is 15.9 Å². The normalized spacial score (nSPS) is 11.1. The lowest BCUT2D eigenvalue weighted by Gasteiger charge is -2.08. The summed E-state index contributed by atoms with van der Waals surface area (Å²) in [5.74, 6) is -0.367. The van der Waals surface area contributed by atoms with E-state index >= 15 is 0 Å². The molecule has 0 radical (unpaired) electrons. The minimum atomic E-state index is -3.85. The number of aromatic amines is 1. The van der Waals surface area contributed by atoms with Gasteiger partial charge in [-0.15, -0.1) is 0 Å². The first kappa shape index (κ1) is 13.9. The molecule has 0 bridgehead atoms. The molecule has 0 fully saturated rings. The van der Waals surface area contributed by atoms with Crippen molar-refractivity contribution in [3.63, 3.8) is 0 Å². The van der Waals surface area contributed by atoms with Crippen molar-refractivity contribution < 1.29 is 13.2 Å². The summed E-state index contributed by atoms with van der Waals surface area (Å²) in [5.41, 5.74) is 6.08. The molecule has 1 amide bonds. The van der Waals surface area contributed by atoms with Crippen molar-refractivity contribution in [1.29, 1.82) is 0 Å². The highest BCUT2D eigenvalue weighted by molar-refractivity contribution is 7.92. The number of hydrogen-bond donors (Lipinski definition) is 4. The molecule has 2 rings (SSSR count). The second kappa shape index (κ2) is 5.21. The number of anilines is 2. The van der Waals surface area contributed by atoms with E-state index in [9.17, 15) is 13.2 Å². The zero-order valence-corrected chi connectivity index (χ0v) is 11.4. The quantitative estimate of drug-likeness (QED) is 0.638. The van der Waals surface area contributed by atoms with Crippen LogP contribution >= 0.6 is 0 Å². The number of hydrogen-bond acceptors (Lipinski definition) is 5. The molecule has 20 heavy (non-hydrogen) atoms. The van der Waals surface area contributed by atoms with Gasteiger partial charge in [0.1, 0.15) is 10.7 Å². The summed E-state index contributed by atoms with van der Waals surface area (Å²) in [6.07, 6.45) is 1.11. The summed E-state index contributed by atoms with van der Waals surface area (Å²) in [4.78, 5) is 11.3. The average Bonchev–Trinajstić information content (AvgIpc) is 2.85. The average molecular weight is 295 g/mol. The molecule has 106 valence electrons. The third kappa shape index (κ3) is 2.72. The Balaban J connectivity index is 2.31. The van der Waals surface area contributed by atoms with E-state index in [0.717, 1.165) is 6.20 Å². The number of nitrogens with two attached hydrogens (primary N) is 1. The number of amides is 1. The van der Waals surface area contributed by atoms with Crippen LogP contribution in [0.2, 0.25) is 0 Å². The summed E-state index contributed by atoms with van der Waals surface area (Å²) in [7, 11) is -2.36. The SMILES string of the molecule is CNC(=O)c1cccc(NS(=O)(=O)c2cn[nH]c2N)c1. The van der Waals surface area contributed by atoms with E-state index in [1.807, 2.05) is 0 Å². The van der Waals surface area contributed by atoms with Crippen molar-refractivity contribution in [3.8, 4) is 0 Å². The molecular formula is C11H13N5O3S. The number of sulfonamides is 1. The molecule has 0 aliphatic carbocycles. The Bertz CT molecular complexity index is 738. The van der Waals surface area contributed by atoms with Gasteiger partial charge in [0, 0.05) is 18.3 Å². The molecule has 0 aliphatic rings. The maximum absolute atomic E-state index is 12.1. The minimum Gasteiger partial charge on any atom is -0.383 e. The first-order valence-electron chi connectivity index (χ1n) is 5.58. The molecule has 5 N–H and O–H groups in total. The fourth-order valence-corrected chi connectivity index (χ4v) is 2.65. The van der Waals surface area contributed by atoms with Crippen LogP contribution in [0.25, 0.3) is 0 Å². The fraction of sp³-hybridized carbons (Fsp3) is 0.0909. The number of aromatic nitrogens is 2. The lowest BCUT2D eigenvalue weighted by molar-refractivity contribution is 0.0963. The van der Waals surface area contributed by atoms with Crippen LogP contribution in [0.4, 0.5) is 11.5 Å². The molecular weight excluding hydrogens is 282 g/mol. The van der Waals surface area contributed by atoms with E-state index in [-0.39, 0.29) is 22.3 Å². The molecule has 0 spiro atoms. The van der Waals surface area contributed by atoms with Gasteiger partial charge in [-0.2, -0.15) is 5.10 Å². The van der Waals surface area contributed by atoms with Crippen molar-refractivity contribution in [2.24, 2.45) is 0 Å². The van der Waals surface area contributed by atoms with E-state index in [1.54, 1.807) is 12.1 Å². The molecule has 0 saturated heterocycles. The van der Waals surface area contributed by atoms with Gasteiger partial charge >= 0.3 is 0 Å². The summed E-state index contributed by atoms with van der Waals surface area (Å²) in [6, 6.07) is 6.09. The predicted molar refractivity (Wildman–Crippen MR) is 73.6 cm³/mol. The second-order valence-corrected chi connectivity index (χ2v) is 5.56. The number of benzene rings is 1. The Morgan fingerprint density at radius 3 is 2.75 bits per heavy atom. The number of rotatable bonds is 4. The lowest BCUT2D eigenvalue weighted by Crippen LogP contribution is -2.18. The summed E-state index contributed by atoms with van der Waals surface area (Å²) in [6.45, 7) is 0. The summed E-state index contributed by atoms with van der Waals surface area (Å²) < 4.78 is 26.5. The highest BCUT2D eigenvalue weighted by Crippen LogP contribution is 2.19. The van der Waals surface area contributed by atoms with E-state index in [2.05, 4.69) is 20.2 Å². The van der Waals surface area contributed by atoms with Crippen LogP contribution in [0, 0.1) is 0 Å². The largest absolute Gasteiger partial charge is 0.383 e. The molecule has 8 nitrogen and oxygen atoms in total. The number of carbonyl (C=O) groups excluding carboxylic acids is 1. The molecule has 0 aliphatic heterocycles. The number of nitrogen functional groups attached to an aromatic ring is 1. The van der Waals surface area contributed by atoms with E-state index in [4.69, 9.17) is 5.73 Å². The number of nitrogens with one attached hydrogen (secondary N) is 3. The monoisotopic (exact) mass is 295 g/mol. The molecule has 2 aromatic rings. The third-order valence-corrected chi connectivity index (χ3v) is 3.93. The van der Waals surface area contributed by atoms with Crippen LogP contribution in [-0.2, 0) is 10.0 Å².